The summed E-state index contributed by atoms with van der Waals surface area (Å²) in [4.78, 5) is 0. The SMILES string of the molecule is COc1ccc(CNc2nnc(-c3cccc(OC)c3)c3ccccc23)cc1. The molecule has 1 N–H and O–H groups in total. The number of methoxy groups -OCH3 is 2. The summed E-state index contributed by atoms with van der Waals surface area (Å²) in [6.07, 6.45) is 0. The first kappa shape index (κ1) is 17.8. The van der Waals surface area contributed by atoms with Crippen molar-refractivity contribution in [3.8, 4) is 22.8 Å². The van der Waals surface area contributed by atoms with E-state index in [-0.39, 0.29) is 0 Å². The van der Waals surface area contributed by atoms with Gasteiger partial charge in [-0.3, -0.25) is 0 Å². The summed E-state index contributed by atoms with van der Waals surface area (Å²) in [5.74, 6) is 2.40. The molecule has 0 fully saturated rings. The first-order chi connectivity index (χ1) is 13.8. The molecule has 0 atom stereocenters. The summed E-state index contributed by atoms with van der Waals surface area (Å²) in [5.41, 5.74) is 2.96. The molecule has 28 heavy (non-hydrogen) atoms. The molecule has 1 heterocycles. The quantitative estimate of drug-likeness (QED) is 0.521. The number of nitrogens with zero attached hydrogens (tertiary/aromatic N) is 2. The lowest BCUT2D eigenvalue weighted by Crippen LogP contribution is -2.04. The number of hydrogen-bond donors (Lipinski definition) is 1. The summed E-state index contributed by atoms with van der Waals surface area (Å²) in [6.45, 7) is 0.654. The van der Waals surface area contributed by atoms with Crippen LogP contribution in [0, 0.1) is 0 Å². The first-order valence-electron chi connectivity index (χ1n) is 9.05. The highest BCUT2D eigenvalue weighted by atomic mass is 16.5. The van der Waals surface area contributed by atoms with Gasteiger partial charge in [-0.25, -0.2) is 0 Å². The predicted molar refractivity (Wildman–Crippen MR) is 112 cm³/mol. The minimum atomic E-state index is 0.654. The van der Waals surface area contributed by atoms with E-state index < -0.39 is 0 Å². The molecule has 3 aromatic carbocycles. The molecule has 0 bridgehead atoms. The number of aromatic nitrogens is 2. The lowest BCUT2D eigenvalue weighted by Gasteiger charge is -2.12. The Morgan fingerprint density at radius 2 is 1.50 bits per heavy atom. The van der Waals surface area contributed by atoms with Gasteiger partial charge in [0.2, 0.25) is 0 Å². The molecule has 0 amide bonds. The largest absolute Gasteiger partial charge is 0.497 e. The molecule has 0 saturated heterocycles. The van der Waals surface area contributed by atoms with Crippen LogP contribution in [0.3, 0.4) is 0 Å². The molecule has 0 aliphatic heterocycles. The van der Waals surface area contributed by atoms with E-state index in [9.17, 15) is 0 Å². The fourth-order valence-electron chi connectivity index (χ4n) is 3.15. The van der Waals surface area contributed by atoms with Crippen LogP contribution in [0.1, 0.15) is 5.56 Å². The van der Waals surface area contributed by atoms with Crippen LogP contribution in [0.4, 0.5) is 5.82 Å². The zero-order valence-electron chi connectivity index (χ0n) is 15.8. The third-order valence-corrected chi connectivity index (χ3v) is 4.65. The fourth-order valence-corrected chi connectivity index (χ4v) is 3.15. The topological polar surface area (TPSA) is 56.3 Å². The fraction of sp³-hybridized carbons (Fsp3) is 0.130. The lowest BCUT2D eigenvalue weighted by atomic mass is 10.0. The summed E-state index contributed by atoms with van der Waals surface area (Å²) in [7, 11) is 3.33. The summed E-state index contributed by atoms with van der Waals surface area (Å²) >= 11 is 0. The number of anilines is 1. The normalized spacial score (nSPS) is 10.6. The van der Waals surface area contributed by atoms with Crippen LogP contribution in [0.25, 0.3) is 22.0 Å². The number of benzene rings is 3. The molecule has 0 saturated carbocycles. The van der Waals surface area contributed by atoms with E-state index in [4.69, 9.17) is 9.47 Å². The van der Waals surface area contributed by atoms with Gasteiger partial charge in [-0.05, 0) is 29.8 Å². The van der Waals surface area contributed by atoms with Crippen LogP contribution in [0.5, 0.6) is 11.5 Å². The number of ether oxygens (including phenoxy) is 2. The van der Waals surface area contributed by atoms with Crippen molar-refractivity contribution in [1.29, 1.82) is 0 Å². The number of fused-ring (bicyclic) bond motifs is 1. The second-order valence-electron chi connectivity index (χ2n) is 6.38. The van der Waals surface area contributed by atoms with Crippen LogP contribution < -0.4 is 14.8 Å². The van der Waals surface area contributed by atoms with Crippen molar-refractivity contribution in [2.45, 2.75) is 6.54 Å². The summed E-state index contributed by atoms with van der Waals surface area (Å²) < 4.78 is 10.6. The van der Waals surface area contributed by atoms with E-state index in [1.54, 1.807) is 14.2 Å². The Hall–Kier alpha value is -3.60. The van der Waals surface area contributed by atoms with Crippen molar-refractivity contribution < 1.29 is 9.47 Å². The average molecular weight is 371 g/mol. The maximum absolute atomic E-state index is 5.35. The predicted octanol–water partition coefficient (Wildman–Crippen LogP) is 4.93. The molecule has 5 nitrogen and oxygen atoms in total. The van der Waals surface area contributed by atoms with Gasteiger partial charge in [-0.15, -0.1) is 10.2 Å². The Morgan fingerprint density at radius 3 is 2.25 bits per heavy atom. The molecule has 1 aromatic heterocycles. The van der Waals surface area contributed by atoms with Gasteiger partial charge in [-0.1, -0.05) is 48.5 Å². The Labute approximate surface area is 164 Å². The number of rotatable bonds is 6. The highest BCUT2D eigenvalue weighted by molar-refractivity contribution is 6.00. The highest BCUT2D eigenvalue weighted by Crippen LogP contribution is 2.31. The molecular weight excluding hydrogens is 350 g/mol. The van der Waals surface area contributed by atoms with Gasteiger partial charge in [0.25, 0.3) is 0 Å². The van der Waals surface area contributed by atoms with E-state index >= 15 is 0 Å². The van der Waals surface area contributed by atoms with E-state index in [0.29, 0.717) is 6.54 Å². The molecule has 4 aromatic rings. The summed E-state index contributed by atoms with van der Waals surface area (Å²) in [6, 6.07) is 24.0. The number of nitrogens with one attached hydrogen (secondary N) is 1. The second kappa shape index (κ2) is 7.96. The molecule has 0 spiro atoms. The minimum Gasteiger partial charge on any atom is -0.497 e. The van der Waals surface area contributed by atoms with Gasteiger partial charge < -0.3 is 14.8 Å². The van der Waals surface area contributed by atoms with Crippen molar-refractivity contribution in [2.24, 2.45) is 0 Å². The number of hydrogen-bond acceptors (Lipinski definition) is 5. The maximum atomic E-state index is 5.35. The van der Waals surface area contributed by atoms with Crippen LogP contribution >= 0.6 is 0 Å². The zero-order chi connectivity index (χ0) is 19.3. The molecule has 0 aliphatic carbocycles. The average Bonchev–Trinajstić information content (AvgIpc) is 2.77. The second-order valence-corrected chi connectivity index (χ2v) is 6.38. The molecule has 0 aliphatic rings. The Morgan fingerprint density at radius 1 is 0.750 bits per heavy atom. The van der Waals surface area contributed by atoms with Crippen LogP contribution in [0.2, 0.25) is 0 Å². The van der Waals surface area contributed by atoms with Crippen LogP contribution in [-0.2, 0) is 6.54 Å². The third kappa shape index (κ3) is 3.60. The summed E-state index contributed by atoms with van der Waals surface area (Å²) in [5, 5.41) is 14.4. The van der Waals surface area contributed by atoms with Gasteiger partial charge in [0.15, 0.2) is 5.82 Å². The van der Waals surface area contributed by atoms with Crippen molar-refractivity contribution in [3.63, 3.8) is 0 Å². The van der Waals surface area contributed by atoms with Crippen molar-refractivity contribution >= 4 is 16.6 Å². The maximum Gasteiger partial charge on any atom is 0.156 e. The standard InChI is InChI=1S/C23H21N3O2/c1-27-18-12-10-16(11-13-18)15-24-23-21-9-4-3-8-20(21)22(25-26-23)17-6-5-7-19(14-17)28-2/h3-14H,15H2,1-2H3,(H,24,26). The van der Waals surface area contributed by atoms with Gasteiger partial charge in [0, 0.05) is 22.9 Å². The van der Waals surface area contributed by atoms with Gasteiger partial charge in [-0.2, -0.15) is 0 Å². The zero-order valence-corrected chi connectivity index (χ0v) is 15.8. The van der Waals surface area contributed by atoms with Gasteiger partial charge in [0.1, 0.15) is 17.2 Å². The van der Waals surface area contributed by atoms with Crippen LogP contribution in [0.15, 0.2) is 72.8 Å². The molecule has 0 unspecified atom stereocenters. The van der Waals surface area contributed by atoms with E-state index in [2.05, 4.69) is 27.6 Å². The van der Waals surface area contributed by atoms with Crippen molar-refractivity contribution in [2.75, 3.05) is 19.5 Å². The Kier molecular flexibility index (Phi) is 5.06. The van der Waals surface area contributed by atoms with Gasteiger partial charge in [0.05, 0.1) is 14.2 Å². The lowest BCUT2D eigenvalue weighted by molar-refractivity contribution is 0.414. The minimum absolute atomic E-state index is 0.654. The monoisotopic (exact) mass is 371 g/mol. The molecule has 140 valence electrons. The molecule has 0 radical (unpaired) electrons. The van der Waals surface area contributed by atoms with Crippen molar-refractivity contribution in [1.82, 2.24) is 10.2 Å². The smallest absolute Gasteiger partial charge is 0.156 e. The van der Waals surface area contributed by atoms with E-state index in [1.807, 2.05) is 60.7 Å². The Balaban J connectivity index is 1.67. The third-order valence-electron chi connectivity index (χ3n) is 4.65. The van der Waals surface area contributed by atoms with E-state index in [1.165, 1.54) is 0 Å². The van der Waals surface area contributed by atoms with Crippen LogP contribution in [-0.4, -0.2) is 24.4 Å². The molecule has 5 heteroatoms. The Bertz CT molecular complexity index is 1090. The highest BCUT2D eigenvalue weighted by Gasteiger charge is 2.11. The molecular formula is C23H21N3O2. The van der Waals surface area contributed by atoms with Crippen molar-refractivity contribution in [3.05, 3.63) is 78.4 Å². The molecule has 4 rings (SSSR count). The first-order valence-corrected chi connectivity index (χ1v) is 9.05. The van der Waals surface area contributed by atoms with Gasteiger partial charge >= 0.3 is 0 Å². The van der Waals surface area contributed by atoms with E-state index in [0.717, 1.165) is 44.9 Å².